The van der Waals surface area contributed by atoms with Crippen LogP contribution in [0.2, 0.25) is 0 Å². The number of amidine groups is 1. The summed E-state index contributed by atoms with van der Waals surface area (Å²) in [5.41, 5.74) is 1.51. The van der Waals surface area contributed by atoms with E-state index in [2.05, 4.69) is 50.2 Å². The second-order valence-electron chi connectivity index (χ2n) is 6.65. The van der Waals surface area contributed by atoms with Gasteiger partial charge < -0.3 is 19.3 Å². The van der Waals surface area contributed by atoms with E-state index in [9.17, 15) is 9.59 Å². The lowest BCUT2D eigenvalue weighted by atomic mass is 10.2. The van der Waals surface area contributed by atoms with Crippen LogP contribution in [0.25, 0.3) is 6.08 Å². The van der Waals surface area contributed by atoms with Gasteiger partial charge in [-0.05, 0) is 105 Å². The molecule has 33 heavy (non-hydrogen) atoms. The van der Waals surface area contributed by atoms with Gasteiger partial charge in [0.05, 0.1) is 38.0 Å². The summed E-state index contributed by atoms with van der Waals surface area (Å²) in [6.07, 6.45) is 1.80. The minimum atomic E-state index is -1.04. The Morgan fingerprint density at radius 2 is 1.85 bits per heavy atom. The molecule has 0 aromatic heterocycles. The maximum Gasteiger partial charge on any atom is 0.341 e. The summed E-state index contributed by atoms with van der Waals surface area (Å²) < 4.78 is 17.2. The van der Waals surface area contributed by atoms with Crippen LogP contribution >= 0.6 is 56.9 Å². The topological polar surface area (TPSA) is 97.7 Å². The highest BCUT2D eigenvalue weighted by molar-refractivity contribution is 14.1. The molecule has 174 valence electrons. The summed E-state index contributed by atoms with van der Waals surface area (Å²) in [4.78, 5) is 30.7. The lowest BCUT2D eigenvalue weighted by Crippen LogP contribution is -2.32. The van der Waals surface area contributed by atoms with E-state index < -0.39 is 12.6 Å². The van der Waals surface area contributed by atoms with Crippen molar-refractivity contribution in [2.45, 2.75) is 0 Å². The Morgan fingerprint density at radius 1 is 1.18 bits per heavy atom. The summed E-state index contributed by atoms with van der Waals surface area (Å²) in [5.74, 6) is 0.0432. The number of carboxylic acid groups (broad SMARTS) is 1. The lowest BCUT2D eigenvalue weighted by Gasteiger charge is -2.14. The van der Waals surface area contributed by atoms with E-state index in [-0.39, 0.29) is 5.91 Å². The Kier molecular flexibility index (Phi) is 9.40. The zero-order valence-corrected chi connectivity index (χ0v) is 22.8. The molecule has 11 heteroatoms. The molecule has 0 spiro atoms. The van der Waals surface area contributed by atoms with E-state index in [1.807, 2.05) is 36.4 Å². The number of methoxy groups -OCH3 is 2. The predicted octanol–water partition coefficient (Wildman–Crippen LogP) is 4.62. The summed E-state index contributed by atoms with van der Waals surface area (Å²) in [7, 11) is 3.19. The van der Waals surface area contributed by atoms with Gasteiger partial charge in [0, 0.05) is 7.11 Å². The van der Waals surface area contributed by atoms with E-state index in [0.29, 0.717) is 34.7 Å². The molecule has 1 amide bonds. The molecule has 1 saturated heterocycles. The van der Waals surface area contributed by atoms with Gasteiger partial charge in [0.15, 0.2) is 11.8 Å². The van der Waals surface area contributed by atoms with Gasteiger partial charge in [-0.3, -0.25) is 9.69 Å². The molecule has 0 bridgehead atoms. The number of rotatable bonds is 9. The second kappa shape index (κ2) is 12.0. The predicted molar refractivity (Wildman–Crippen MR) is 144 cm³/mol. The molecule has 1 fully saturated rings. The number of thioether (sulfide) groups is 1. The van der Waals surface area contributed by atoms with E-state index in [0.717, 1.165) is 18.5 Å². The number of nitrogens with zero attached hydrogens (tertiary/aromatic N) is 2. The average Bonchev–Trinajstić information content (AvgIpc) is 3.05. The number of hydrogen-bond donors (Lipinski definition) is 1. The Labute approximate surface area is 222 Å². The third-order valence-corrected chi connectivity index (χ3v) is 6.97. The maximum absolute atomic E-state index is 13.1. The van der Waals surface area contributed by atoms with Crippen molar-refractivity contribution in [3.05, 3.63) is 54.0 Å². The minimum Gasteiger partial charge on any atom is -0.497 e. The van der Waals surface area contributed by atoms with Crippen LogP contribution in [0.1, 0.15) is 5.56 Å². The fourth-order valence-electron chi connectivity index (χ4n) is 2.82. The molecule has 2 aromatic rings. The normalized spacial score (nSPS) is 16.0. The van der Waals surface area contributed by atoms with Gasteiger partial charge >= 0.3 is 5.97 Å². The van der Waals surface area contributed by atoms with Gasteiger partial charge in [-0.2, -0.15) is 0 Å². The van der Waals surface area contributed by atoms with Crippen LogP contribution in [0.3, 0.4) is 0 Å². The maximum atomic E-state index is 13.1. The van der Waals surface area contributed by atoms with Crippen molar-refractivity contribution in [2.75, 3.05) is 34.0 Å². The smallest absolute Gasteiger partial charge is 0.341 e. The van der Waals surface area contributed by atoms with Crippen LogP contribution in [0.4, 0.5) is 5.69 Å². The molecule has 8 nitrogen and oxygen atoms in total. The van der Waals surface area contributed by atoms with Crippen molar-refractivity contribution in [1.29, 1.82) is 0 Å². The third kappa shape index (κ3) is 6.83. The molecule has 0 radical (unpaired) electrons. The summed E-state index contributed by atoms with van der Waals surface area (Å²) in [5, 5.41) is 9.43. The molecule has 0 saturated carbocycles. The zero-order chi connectivity index (χ0) is 24.0. The van der Waals surface area contributed by atoms with Gasteiger partial charge in [0.25, 0.3) is 5.91 Å². The average molecular weight is 694 g/mol. The molecular weight excluding hydrogens is 674 g/mol. The van der Waals surface area contributed by atoms with Gasteiger partial charge in [0.2, 0.25) is 0 Å². The van der Waals surface area contributed by atoms with Crippen LogP contribution in [0.5, 0.6) is 11.5 Å². The van der Waals surface area contributed by atoms with Gasteiger partial charge in [0.1, 0.15) is 11.5 Å². The lowest BCUT2D eigenvalue weighted by molar-refractivity contribution is -0.139. The van der Waals surface area contributed by atoms with Crippen LogP contribution in [-0.4, -0.2) is 61.0 Å². The van der Waals surface area contributed by atoms with Crippen molar-refractivity contribution in [3.8, 4) is 11.5 Å². The summed E-state index contributed by atoms with van der Waals surface area (Å²) >= 11 is 5.48. The van der Waals surface area contributed by atoms with E-state index in [4.69, 9.17) is 19.3 Å². The van der Waals surface area contributed by atoms with E-state index in [1.165, 1.54) is 11.8 Å². The molecule has 1 N–H and O–H groups in total. The molecule has 1 aliphatic heterocycles. The quantitative estimate of drug-likeness (QED) is 0.303. The molecular formula is C22H20I2N2O6S. The number of benzene rings is 2. The Hall–Kier alpha value is -1.84. The highest BCUT2D eigenvalue weighted by Crippen LogP contribution is 2.36. The monoisotopic (exact) mass is 694 g/mol. The van der Waals surface area contributed by atoms with Gasteiger partial charge in [-0.1, -0.05) is 0 Å². The van der Waals surface area contributed by atoms with Crippen molar-refractivity contribution >= 4 is 85.8 Å². The van der Waals surface area contributed by atoms with Crippen LogP contribution < -0.4 is 9.47 Å². The fraction of sp³-hybridized carbons (Fsp3) is 0.227. The Bertz CT molecular complexity index is 1080. The van der Waals surface area contributed by atoms with Crippen LogP contribution in [-0.2, 0) is 14.3 Å². The summed E-state index contributed by atoms with van der Waals surface area (Å²) in [6.45, 7) is 0.346. The SMILES string of the molecule is COCCN1C(=O)/C(=C/c2cc(I)c(OCC(=O)O)c(I)c2)SC1=Nc1ccc(OC)cc1. The first-order valence-electron chi connectivity index (χ1n) is 9.59. The van der Waals surface area contributed by atoms with Crippen LogP contribution in [0, 0.1) is 7.14 Å². The molecule has 1 heterocycles. The molecule has 0 unspecified atom stereocenters. The number of halogens is 2. The molecule has 1 aliphatic rings. The van der Waals surface area contributed by atoms with Gasteiger partial charge in [-0.15, -0.1) is 0 Å². The zero-order valence-electron chi connectivity index (χ0n) is 17.7. The first-order valence-corrected chi connectivity index (χ1v) is 12.6. The first-order chi connectivity index (χ1) is 15.8. The number of aliphatic imine (C=N–C) groups is 1. The second-order valence-corrected chi connectivity index (χ2v) is 9.98. The van der Waals surface area contributed by atoms with Crippen LogP contribution in [0.15, 0.2) is 46.3 Å². The number of carboxylic acids is 1. The van der Waals surface area contributed by atoms with E-state index in [1.54, 1.807) is 25.2 Å². The summed E-state index contributed by atoms with van der Waals surface area (Å²) in [6, 6.07) is 11.0. The fourth-order valence-corrected chi connectivity index (χ4v) is 5.98. The van der Waals surface area contributed by atoms with Crippen molar-refractivity contribution in [3.63, 3.8) is 0 Å². The highest BCUT2D eigenvalue weighted by atomic mass is 127. The van der Waals surface area contributed by atoms with E-state index >= 15 is 0 Å². The number of carbonyl (C=O) groups excluding carboxylic acids is 1. The molecule has 3 rings (SSSR count). The Morgan fingerprint density at radius 3 is 2.42 bits per heavy atom. The Balaban J connectivity index is 1.90. The molecule has 0 aliphatic carbocycles. The largest absolute Gasteiger partial charge is 0.497 e. The number of ether oxygens (including phenoxy) is 3. The van der Waals surface area contributed by atoms with Crippen molar-refractivity contribution < 1.29 is 28.9 Å². The molecule has 2 aromatic carbocycles. The highest BCUT2D eigenvalue weighted by Gasteiger charge is 2.33. The van der Waals surface area contributed by atoms with Crippen molar-refractivity contribution in [2.24, 2.45) is 4.99 Å². The molecule has 0 atom stereocenters. The first kappa shape index (κ1) is 25.8. The minimum absolute atomic E-state index is 0.152. The van der Waals surface area contributed by atoms with Crippen molar-refractivity contribution in [1.82, 2.24) is 4.90 Å². The number of carbonyl (C=O) groups is 2. The standard InChI is InChI=1S/C22H20I2N2O6S/c1-30-8-7-26-21(29)18(33-22(26)25-14-3-5-15(31-2)6-4-14)11-13-9-16(23)20(17(24)10-13)32-12-19(27)28/h3-6,9-11H,7-8,12H2,1-2H3,(H,27,28)/b18-11-,25-22?. The number of amides is 1. The van der Waals surface area contributed by atoms with Gasteiger partial charge in [-0.25, -0.2) is 9.79 Å². The number of aliphatic carboxylic acids is 1. The number of hydrogen-bond acceptors (Lipinski definition) is 7. The third-order valence-electron chi connectivity index (χ3n) is 4.36.